The second-order valence-electron chi connectivity index (χ2n) is 6.60. The van der Waals surface area contributed by atoms with Gasteiger partial charge in [0, 0.05) is 3.57 Å². The average molecular weight is 770 g/mol. The van der Waals surface area contributed by atoms with Crippen LogP contribution in [0.25, 0.3) is 0 Å². The van der Waals surface area contributed by atoms with Crippen molar-refractivity contribution in [1.82, 2.24) is 19.7 Å². The molecule has 1 heterocycles. The number of amides is 2. The van der Waals surface area contributed by atoms with Crippen LogP contribution in [-0.4, -0.2) is 52.7 Å². The standard InChI is InChI=1S/C13H12IN5O6S.C7H3Br2NO/c1-6-15-11(18-13(16-6)25-2)17-12(22)19-26(23,24)9-5-7(14)3-4-8(9)10(20)21;8-5-1-4(3-10)2-6(9)7(5)11/h3-5H,1-2H3,(H,20,21)(H2,15,16,17,18,19,22);1-2,11H. The first kappa shape index (κ1) is 30.1. The number of benzene rings is 2. The Balaban J connectivity index is 0.000000364. The predicted octanol–water partition coefficient (Wildman–Crippen LogP) is 3.79. The molecule has 0 unspecified atom stereocenters. The van der Waals surface area contributed by atoms with Gasteiger partial charge in [0.2, 0.25) is 5.95 Å². The van der Waals surface area contributed by atoms with Crippen molar-refractivity contribution in [1.29, 1.82) is 5.26 Å². The Kier molecular flexibility index (Phi) is 10.5. The Morgan fingerprint density at radius 2 is 1.76 bits per heavy atom. The number of carbonyl (C=O) groups is 2. The Morgan fingerprint density at radius 1 is 1.14 bits per heavy atom. The number of halogens is 3. The average Bonchev–Trinajstić information content (AvgIpc) is 2.81. The van der Waals surface area contributed by atoms with Gasteiger partial charge in [0.1, 0.15) is 16.5 Å². The number of carboxylic acid groups (broad SMARTS) is 1. The first-order valence-electron chi connectivity index (χ1n) is 9.48. The number of aromatic carboxylic acids is 1. The molecule has 0 aliphatic rings. The number of aryl methyl sites for hydroxylation is 1. The van der Waals surface area contributed by atoms with E-state index in [1.54, 1.807) is 16.9 Å². The lowest BCUT2D eigenvalue weighted by Gasteiger charge is -2.10. The molecule has 1 aromatic heterocycles. The largest absolute Gasteiger partial charge is 0.506 e. The van der Waals surface area contributed by atoms with Gasteiger partial charge in [-0.25, -0.2) is 22.7 Å². The molecule has 194 valence electrons. The van der Waals surface area contributed by atoms with E-state index in [9.17, 15) is 23.1 Å². The van der Waals surface area contributed by atoms with Gasteiger partial charge < -0.3 is 14.9 Å². The van der Waals surface area contributed by atoms with Gasteiger partial charge in [-0.3, -0.25) is 5.32 Å². The van der Waals surface area contributed by atoms with Crippen molar-refractivity contribution >= 4 is 82.4 Å². The Hall–Kier alpha value is -3.08. The van der Waals surface area contributed by atoms with Crippen LogP contribution in [0, 0.1) is 21.8 Å². The molecule has 0 aliphatic carbocycles. The summed E-state index contributed by atoms with van der Waals surface area (Å²) in [6.45, 7) is 1.52. The molecule has 2 aromatic carbocycles. The number of nitrogens with one attached hydrogen (secondary N) is 2. The smallest absolute Gasteiger partial charge is 0.337 e. The number of nitrogens with zero attached hydrogens (tertiary/aromatic N) is 4. The number of hydrogen-bond acceptors (Lipinski definition) is 10. The van der Waals surface area contributed by atoms with Gasteiger partial charge in [0.25, 0.3) is 10.0 Å². The Labute approximate surface area is 240 Å². The molecule has 4 N–H and O–H groups in total. The highest BCUT2D eigenvalue weighted by Crippen LogP contribution is 2.32. The quantitative estimate of drug-likeness (QED) is 0.275. The minimum absolute atomic E-state index is 0.0681. The monoisotopic (exact) mass is 768 g/mol. The van der Waals surface area contributed by atoms with Crippen molar-refractivity contribution in [3.63, 3.8) is 0 Å². The third-order valence-corrected chi connectivity index (χ3v) is 7.22. The van der Waals surface area contributed by atoms with E-state index < -0.39 is 32.5 Å². The molecule has 2 amide bonds. The number of methoxy groups -OCH3 is 1. The van der Waals surface area contributed by atoms with E-state index in [1.165, 1.54) is 20.1 Å². The van der Waals surface area contributed by atoms with Crippen LogP contribution < -0.4 is 14.8 Å². The molecule has 0 radical (unpaired) electrons. The Morgan fingerprint density at radius 3 is 2.30 bits per heavy atom. The lowest BCUT2D eigenvalue weighted by atomic mass is 10.2. The van der Waals surface area contributed by atoms with Crippen molar-refractivity contribution in [2.45, 2.75) is 11.8 Å². The third kappa shape index (κ3) is 8.48. The summed E-state index contributed by atoms with van der Waals surface area (Å²) in [5.74, 6) is -1.33. The fourth-order valence-corrected chi connectivity index (χ4v) is 5.45. The molecule has 0 spiro atoms. The summed E-state index contributed by atoms with van der Waals surface area (Å²) in [7, 11) is -3.14. The summed E-state index contributed by atoms with van der Waals surface area (Å²) < 4.78 is 32.8. The van der Waals surface area contributed by atoms with Gasteiger partial charge in [-0.2, -0.15) is 20.2 Å². The van der Waals surface area contributed by atoms with Crippen molar-refractivity contribution < 1.29 is 33.0 Å². The molecule has 37 heavy (non-hydrogen) atoms. The number of phenolic OH excluding ortho intramolecular Hbond substituents is 1. The molecule has 0 saturated carbocycles. The number of aromatic nitrogens is 3. The summed E-state index contributed by atoms with van der Waals surface area (Å²) in [4.78, 5) is 34.1. The van der Waals surface area contributed by atoms with Crippen LogP contribution in [0.4, 0.5) is 10.7 Å². The van der Waals surface area contributed by atoms with Gasteiger partial charge in [-0.15, -0.1) is 0 Å². The van der Waals surface area contributed by atoms with E-state index in [0.717, 1.165) is 12.1 Å². The van der Waals surface area contributed by atoms with Gasteiger partial charge in [0.15, 0.2) is 0 Å². The number of carboxylic acids is 1. The number of sulfonamides is 1. The second kappa shape index (κ2) is 12.9. The summed E-state index contributed by atoms with van der Waals surface area (Å²) >= 11 is 8.04. The van der Waals surface area contributed by atoms with E-state index >= 15 is 0 Å². The zero-order valence-electron chi connectivity index (χ0n) is 18.7. The fraction of sp³-hybridized carbons (Fsp3) is 0.100. The van der Waals surface area contributed by atoms with Crippen LogP contribution in [0.1, 0.15) is 21.7 Å². The number of ether oxygens (including phenoxy) is 1. The number of rotatable bonds is 5. The van der Waals surface area contributed by atoms with Crippen LogP contribution in [0.5, 0.6) is 11.8 Å². The fourth-order valence-electron chi connectivity index (χ4n) is 2.43. The zero-order chi connectivity index (χ0) is 27.9. The number of aromatic hydroxyl groups is 1. The highest BCUT2D eigenvalue weighted by molar-refractivity contribution is 14.1. The number of anilines is 1. The summed E-state index contributed by atoms with van der Waals surface area (Å²) in [5.41, 5.74) is 0.0324. The lowest BCUT2D eigenvalue weighted by Crippen LogP contribution is -2.35. The summed E-state index contributed by atoms with van der Waals surface area (Å²) in [5, 5.41) is 29.0. The molecule has 3 rings (SSSR count). The lowest BCUT2D eigenvalue weighted by molar-refractivity contribution is 0.0692. The minimum atomic E-state index is -4.45. The van der Waals surface area contributed by atoms with Gasteiger partial charge in [0.05, 0.1) is 33.3 Å². The van der Waals surface area contributed by atoms with Crippen LogP contribution in [0.3, 0.4) is 0 Å². The van der Waals surface area contributed by atoms with Gasteiger partial charge in [-0.05, 0) is 91.7 Å². The van der Waals surface area contributed by atoms with Crippen LogP contribution in [0.2, 0.25) is 0 Å². The van der Waals surface area contributed by atoms with Crippen molar-refractivity contribution in [2.24, 2.45) is 0 Å². The van der Waals surface area contributed by atoms with Crippen LogP contribution in [-0.2, 0) is 10.0 Å². The summed E-state index contributed by atoms with van der Waals surface area (Å²) in [6.07, 6.45) is 0. The first-order valence-corrected chi connectivity index (χ1v) is 13.6. The predicted molar refractivity (Wildman–Crippen MR) is 145 cm³/mol. The first-order chi connectivity index (χ1) is 17.3. The van der Waals surface area contributed by atoms with Crippen LogP contribution >= 0.6 is 54.5 Å². The highest BCUT2D eigenvalue weighted by atomic mass is 127. The van der Waals surface area contributed by atoms with E-state index in [-0.39, 0.29) is 23.5 Å². The van der Waals surface area contributed by atoms with Crippen molar-refractivity contribution in [3.8, 4) is 17.8 Å². The number of carbonyl (C=O) groups excluding carboxylic acids is 1. The van der Waals surface area contributed by atoms with Crippen molar-refractivity contribution in [3.05, 3.63) is 59.8 Å². The molecule has 0 bridgehead atoms. The molecule has 0 atom stereocenters. The SMILES string of the molecule is COc1nc(C)nc(NC(=O)NS(=O)(=O)c2cc(I)ccc2C(=O)O)n1.N#Cc1cc(Br)c(O)c(Br)c1. The highest BCUT2D eigenvalue weighted by Gasteiger charge is 2.25. The van der Waals surface area contributed by atoms with E-state index in [2.05, 4.69) is 52.1 Å². The number of urea groups is 1. The normalized spacial score (nSPS) is 10.4. The molecule has 13 nitrogen and oxygen atoms in total. The maximum atomic E-state index is 12.4. The maximum absolute atomic E-state index is 12.4. The molecule has 0 fully saturated rings. The van der Waals surface area contributed by atoms with E-state index in [4.69, 9.17) is 15.1 Å². The maximum Gasteiger partial charge on any atom is 0.337 e. The molecular weight excluding hydrogens is 755 g/mol. The zero-order valence-corrected chi connectivity index (χ0v) is 24.8. The minimum Gasteiger partial charge on any atom is -0.506 e. The van der Waals surface area contributed by atoms with Gasteiger partial charge in [-0.1, -0.05) is 0 Å². The van der Waals surface area contributed by atoms with E-state index in [0.29, 0.717) is 18.1 Å². The number of phenols is 1. The van der Waals surface area contributed by atoms with Gasteiger partial charge >= 0.3 is 18.0 Å². The van der Waals surface area contributed by atoms with Crippen molar-refractivity contribution in [2.75, 3.05) is 12.4 Å². The van der Waals surface area contributed by atoms with E-state index in [1.807, 2.05) is 28.7 Å². The molecule has 17 heteroatoms. The second-order valence-corrected chi connectivity index (χ2v) is 11.2. The molecule has 0 saturated heterocycles. The summed E-state index contributed by atoms with van der Waals surface area (Å²) in [6, 6.07) is 7.54. The third-order valence-electron chi connectivity index (χ3n) is 3.97. The number of nitriles is 1. The molecular formula is C20H15Br2IN6O7S. The Bertz CT molecular complexity index is 1490. The number of hydrogen-bond donors (Lipinski definition) is 4. The molecule has 3 aromatic rings. The topological polar surface area (TPSA) is 204 Å². The molecule has 0 aliphatic heterocycles. The van der Waals surface area contributed by atoms with Crippen LogP contribution in [0.15, 0.2) is 44.2 Å².